The Morgan fingerprint density at radius 2 is 1.79 bits per heavy atom. The van der Waals surface area contributed by atoms with Gasteiger partial charge in [0, 0.05) is 0 Å². The summed E-state index contributed by atoms with van der Waals surface area (Å²) in [5.74, 6) is 0.321. The van der Waals surface area contributed by atoms with Crippen LogP contribution in [-0.4, -0.2) is 11.2 Å². The molecule has 1 aromatic rings. The molecule has 0 aliphatic rings. The van der Waals surface area contributed by atoms with E-state index in [-0.39, 0.29) is 0 Å². The van der Waals surface area contributed by atoms with Gasteiger partial charge in [-0.15, -0.1) is 0 Å². The third-order valence-corrected chi connectivity index (χ3v) is 1.55. The number of ether oxygens (including phenoxy) is 1. The largest absolute Gasteiger partial charge is 0.450 e. The fourth-order valence-corrected chi connectivity index (χ4v) is 1.08. The summed E-state index contributed by atoms with van der Waals surface area (Å²) in [4.78, 5) is 0. The van der Waals surface area contributed by atoms with Gasteiger partial charge in [0.05, 0.1) is 0 Å². The SMILES string of the molecule is FC(F)(F)CC(=S)Oc1ccccc1. The van der Waals surface area contributed by atoms with Crippen LogP contribution >= 0.6 is 12.2 Å². The number of para-hydroxylation sites is 1. The van der Waals surface area contributed by atoms with Gasteiger partial charge in [0.1, 0.15) is 12.2 Å². The molecule has 76 valence electrons. The van der Waals surface area contributed by atoms with Gasteiger partial charge >= 0.3 is 6.18 Å². The Bertz CT molecular complexity index is 308. The van der Waals surface area contributed by atoms with Crippen molar-refractivity contribution in [3.8, 4) is 5.75 Å². The zero-order chi connectivity index (χ0) is 10.6. The molecule has 1 nitrogen and oxygen atoms in total. The first-order chi connectivity index (χ1) is 6.47. The highest BCUT2D eigenvalue weighted by Crippen LogP contribution is 2.21. The quantitative estimate of drug-likeness (QED) is 0.707. The monoisotopic (exact) mass is 220 g/mol. The molecule has 0 atom stereocenters. The lowest BCUT2D eigenvalue weighted by Crippen LogP contribution is -2.17. The van der Waals surface area contributed by atoms with Crippen LogP contribution in [0.15, 0.2) is 30.3 Å². The van der Waals surface area contributed by atoms with Crippen LogP contribution < -0.4 is 4.74 Å². The Morgan fingerprint density at radius 1 is 1.21 bits per heavy atom. The minimum absolute atomic E-state index is 0.321. The molecule has 0 bridgehead atoms. The lowest BCUT2D eigenvalue weighted by molar-refractivity contribution is -0.122. The predicted molar refractivity (Wildman–Crippen MR) is 50.3 cm³/mol. The van der Waals surface area contributed by atoms with Gasteiger partial charge in [-0.05, 0) is 24.4 Å². The molecule has 0 spiro atoms. The normalized spacial score (nSPS) is 11.1. The van der Waals surface area contributed by atoms with E-state index in [0.717, 1.165) is 0 Å². The van der Waals surface area contributed by atoms with Gasteiger partial charge in [0.2, 0.25) is 0 Å². The van der Waals surface area contributed by atoms with Crippen LogP contribution in [0.3, 0.4) is 0 Å². The van der Waals surface area contributed by atoms with Gasteiger partial charge in [-0.2, -0.15) is 13.2 Å². The van der Waals surface area contributed by atoms with E-state index in [0.29, 0.717) is 5.75 Å². The van der Waals surface area contributed by atoms with E-state index in [2.05, 4.69) is 12.2 Å². The second-order valence-corrected chi connectivity index (χ2v) is 3.03. The molecule has 0 radical (unpaired) electrons. The minimum Gasteiger partial charge on any atom is -0.450 e. The van der Waals surface area contributed by atoms with Crippen molar-refractivity contribution in [2.75, 3.05) is 0 Å². The molecule has 0 aliphatic heterocycles. The molecule has 0 N–H and O–H groups in total. The summed E-state index contributed by atoms with van der Waals surface area (Å²) in [5.41, 5.74) is 0. The summed E-state index contributed by atoms with van der Waals surface area (Å²) in [7, 11) is 0. The van der Waals surface area contributed by atoms with Crippen LogP contribution in [0.5, 0.6) is 5.75 Å². The molecule has 0 fully saturated rings. The van der Waals surface area contributed by atoms with Crippen LogP contribution in [-0.2, 0) is 0 Å². The third kappa shape index (κ3) is 4.23. The van der Waals surface area contributed by atoms with Gasteiger partial charge < -0.3 is 4.74 Å². The topological polar surface area (TPSA) is 9.23 Å². The van der Waals surface area contributed by atoms with Crippen molar-refractivity contribution in [2.24, 2.45) is 0 Å². The van der Waals surface area contributed by atoms with Crippen LogP contribution in [0.25, 0.3) is 0 Å². The zero-order valence-corrected chi connectivity index (χ0v) is 7.86. The Labute approximate surface area is 84.5 Å². The lowest BCUT2D eigenvalue weighted by atomic mass is 10.3. The van der Waals surface area contributed by atoms with E-state index in [1.54, 1.807) is 30.3 Å². The summed E-state index contributed by atoms with van der Waals surface area (Å²) >= 11 is 4.44. The highest BCUT2D eigenvalue weighted by Gasteiger charge is 2.30. The van der Waals surface area contributed by atoms with Crippen molar-refractivity contribution in [1.29, 1.82) is 0 Å². The molecule has 0 saturated heterocycles. The first-order valence-corrected chi connectivity index (χ1v) is 4.21. The molecular weight excluding hydrogens is 213 g/mol. The Balaban J connectivity index is 2.50. The molecule has 14 heavy (non-hydrogen) atoms. The maximum absolute atomic E-state index is 11.8. The number of benzene rings is 1. The second kappa shape index (κ2) is 4.41. The molecule has 5 heteroatoms. The van der Waals surface area contributed by atoms with Gasteiger partial charge in [-0.25, -0.2) is 0 Å². The molecule has 0 amide bonds. The van der Waals surface area contributed by atoms with Gasteiger partial charge in [-0.1, -0.05) is 18.2 Å². The second-order valence-electron chi connectivity index (χ2n) is 2.58. The summed E-state index contributed by atoms with van der Waals surface area (Å²) in [6.07, 6.45) is -5.51. The summed E-state index contributed by atoms with van der Waals surface area (Å²) < 4.78 is 40.3. The highest BCUT2D eigenvalue weighted by molar-refractivity contribution is 7.80. The van der Waals surface area contributed by atoms with Crippen LogP contribution in [0.4, 0.5) is 13.2 Å². The molecule has 0 aromatic heterocycles. The number of alkyl halides is 3. The molecule has 0 heterocycles. The first-order valence-electron chi connectivity index (χ1n) is 3.80. The number of rotatable bonds is 2. The van der Waals surface area contributed by atoms with Crippen LogP contribution in [0, 0.1) is 0 Å². The van der Waals surface area contributed by atoms with Gasteiger partial charge in [0.25, 0.3) is 0 Å². The van der Waals surface area contributed by atoms with E-state index in [1.807, 2.05) is 0 Å². The maximum atomic E-state index is 11.8. The molecule has 0 saturated carbocycles. The van der Waals surface area contributed by atoms with Gasteiger partial charge in [-0.3, -0.25) is 0 Å². The maximum Gasteiger partial charge on any atom is 0.396 e. The molecule has 0 aliphatic carbocycles. The molecule has 1 aromatic carbocycles. The van der Waals surface area contributed by atoms with Crippen LogP contribution in [0.1, 0.15) is 6.42 Å². The standard InChI is InChI=1S/C9H7F3OS/c10-9(11,12)6-8(14)13-7-4-2-1-3-5-7/h1-5H,6H2. The van der Waals surface area contributed by atoms with Crippen molar-refractivity contribution in [3.63, 3.8) is 0 Å². The summed E-state index contributed by atoms with van der Waals surface area (Å²) in [6, 6.07) is 8.14. The zero-order valence-electron chi connectivity index (χ0n) is 7.04. The number of hydrogen-bond donors (Lipinski definition) is 0. The molecule has 1 rings (SSSR count). The van der Waals surface area contributed by atoms with E-state index in [4.69, 9.17) is 4.74 Å². The number of thiocarbonyl (C=S) groups is 1. The highest BCUT2D eigenvalue weighted by atomic mass is 32.1. The third-order valence-electron chi connectivity index (χ3n) is 1.32. The van der Waals surface area contributed by atoms with E-state index >= 15 is 0 Å². The van der Waals surface area contributed by atoms with Crippen molar-refractivity contribution in [1.82, 2.24) is 0 Å². The Kier molecular flexibility index (Phi) is 3.46. The number of halogens is 3. The van der Waals surface area contributed by atoms with Crippen molar-refractivity contribution in [3.05, 3.63) is 30.3 Å². The summed E-state index contributed by atoms with van der Waals surface area (Å²) in [5, 5.41) is -0.469. The van der Waals surface area contributed by atoms with E-state index in [1.165, 1.54) is 0 Å². The fraction of sp³-hybridized carbons (Fsp3) is 0.222. The molecule has 0 unspecified atom stereocenters. The van der Waals surface area contributed by atoms with Crippen molar-refractivity contribution in [2.45, 2.75) is 12.6 Å². The van der Waals surface area contributed by atoms with Gasteiger partial charge in [0.15, 0.2) is 5.05 Å². The smallest absolute Gasteiger partial charge is 0.396 e. The minimum atomic E-state index is -4.31. The molecular formula is C9H7F3OS. The predicted octanol–water partition coefficient (Wildman–Crippen LogP) is 3.35. The van der Waals surface area contributed by atoms with Crippen molar-refractivity contribution >= 4 is 17.3 Å². The van der Waals surface area contributed by atoms with E-state index < -0.39 is 17.6 Å². The van der Waals surface area contributed by atoms with Crippen LogP contribution in [0.2, 0.25) is 0 Å². The average Bonchev–Trinajstić information content (AvgIpc) is 2.02. The first kappa shape index (κ1) is 11.0. The number of hydrogen-bond acceptors (Lipinski definition) is 2. The lowest BCUT2D eigenvalue weighted by Gasteiger charge is -2.08. The Hall–Kier alpha value is -1.10. The Morgan fingerprint density at radius 3 is 2.29 bits per heavy atom. The van der Waals surface area contributed by atoms with Crippen molar-refractivity contribution < 1.29 is 17.9 Å². The summed E-state index contributed by atoms with van der Waals surface area (Å²) in [6.45, 7) is 0. The fourth-order valence-electron chi connectivity index (χ4n) is 0.820. The van der Waals surface area contributed by atoms with E-state index in [9.17, 15) is 13.2 Å². The average molecular weight is 220 g/mol.